The van der Waals surface area contributed by atoms with E-state index < -0.39 is 5.56 Å². The summed E-state index contributed by atoms with van der Waals surface area (Å²) in [5.41, 5.74) is 1.82. The van der Waals surface area contributed by atoms with Gasteiger partial charge in [-0.2, -0.15) is 5.26 Å². The first-order valence-corrected chi connectivity index (χ1v) is 8.61. The van der Waals surface area contributed by atoms with Crippen LogP contribution in [0.4, 0.5) is 0 Å². The predicted molar refractivity (Wildman–Crippen MR) is 93.0 cm³/mol. The smallest absolute Gasteiger partial charge is 0.266 e. The summed E-state index contributed by atoms with van der Waals surface area (Å²) in [6.45, 7) is 5.46. The first kappa shape index (κ1) is 18.7. The Bertz CT molecular complexity index is 755. The first-order chi connectivity index (χ1) is 11.9. The van der Waals surface area contributed by atoms with Gasteiger partial charge < -0.3 is 15.2 Å². The molecule has 7 nitrogen and oxygen atoms in total. The van der Waals surface area contributed by atoms with Crippen LogP contribution in [0.2, 0.25) is 0 Å². The molecule has 0 bridgehead atoms. The molecule has 2 amide bonds. The van der Waals surface area contributed by atoms with Gasteiger partial charge in [0, 0.05) is 38.2 Å². The average Bonchev–Trinajstić information content (AvgIpc) is 3.09. The maximum Gasteiger partial charge on any atom is 0.266 e. The minimum Gasteiger partial charge on any atom is -0.356 e. The van der Waals surface area contributed by atoms with Crippen molar-refractivity contribution in [2.45, 2.75) is 46.0 Å². The van der Waals surface area contributed by atoms with Gasteiger partial charge in [0.15, 0.2) is 0 Å². The van der Waals surface area contributed by atoms with Crippen LogP contribution < -0.4 is 10.9 Å². The van der Waals surface area contributed by atoms with Crippen molar-refractivity contribution in [2.24, 2.45) is 0 Å². The standard InChI is InChI=1S/C18H24N4O3/c1-12-14(13(2)21-18(25)15(12)11-19)5-6-16(23)20-8-7-17(24)22-9-3-4-10-22/h3-10H2,1-2H3,(H,20,23)(H,21,25). The summed E-state index contributed by atoms with van der Waals surface area (Å²) in [5, 5.41) is 11.8. The number of hydrogen-bond acceptors (Lipinski definition) is 4. The van der Waals surface area contributed by atoms with Gasteiger partial charge in [0.1, 0.15) is 11.6 Å². The molecule has 25 heavy (non-hydrogen) atoms. The Kier molecular flexibility index (Phi) is 6.34. The number of carbonyl (C=O) groups excluding carboxylic acids is 2. The molecule has 1 aromatic heterocycles. The Morgan fingerprint density at radius 2 is 1.92 bits per heavy atom. The Hall–Kier alpha value is -2.62. The van der Waals surface area contributed by atoms with Crippen molar-refractivity contribution in [1.29, 1.82) is 5.26 Å². The quantitative estimate of drug-likeness (QED) is 0.800. The van der Waals surface area contributed by atoms with Gasteiger partial charge >= 0.3 is 0 Å². The van der Waals surface area contributed by atoms with Gasteiger partial charge in [-0.15, -0.1) is 0 Å². The Balaban J connectivity index is 1.83. The average molecular weight is 344 g/mol. The zero-order chi connectivity index (χ0) is 18.4. The second-order valence-corrected chi connectivity index (χ2v) is 6.36. The third-order valence-corrected chi connectivity index (χ3v) is 4.64. The number of nitriles is 1. The molecular weight excluding hydrogens is 320 g/mol. The summed E-state index contributed by atoms with van der Waals surface area (Å²) in [7, 11) is 0. The van der Waals surface area contributed by atoms with Crippen LogP contribution in [0.15, 0.2) is 4.79 Å². The van der Waals surface area contributed by atoms with Gasteiger partial charge in [-0.1, -0.05) is 0 Å². The summed E-state index contributed by atoms with van der Waals surface area (Å²) in [4.78, 5) is 40.1. The van der Waals surface area contributed by atoms with Crippen molar-refractivity contribution in [2.75, 3.05) is 19.6 Å². The van der Waals surface area contributed by atoms with Crippen molar-refractivity contribution >= 4 is 11.8 Å². The Labute approximate surface area is 147 Å². The third kappa shape index (κ3) is 4.69. The number of aromatic amines is 1. The molecule has 2 heterocycles. The fourth-order valence-electron chi connectivity index (χ4n) is 3.18. The highest BCUT2D eigenvalue weighted by atomic mass is 16.2. The van der Waals surface area contributed by atoms with Crippen LogP contribution in [0, 0.1) is 25.2 Å². The van der Waals surface area contributed by atoms with E-state index in [9.17, 15) is 14.4 Å². The highest BCUT2D eigenvalue weighted by Gasteiger charge is 2.17. The second-order valence-electron chi connectivity index (χ2n) is 6.36. The lowest BCUT2D eigenvalue weighted by atomic mass is 9.99. The van der Waals surface area contributed by atoms with E-state index in [1.165, 1.54) is 0 Å². The number of hydrogen-bond donors (Lipinski definition) is 2. The molecule has 2 N–H and O–H groups in total. The number of pyridine rings is 1. The number of aryl methyl sites for hydroxylation is 1. The topological polar surface area (TPSA) is 106 Å². The first-order valence-electron chi connectivity index (χ1n) is 8.61. The SMILES string of the molecule is Cc1[nH]c(=O)c(C#N)c(C)c1CCC(=O)NCCC(=O)N1CCCC1. The van der Waals surface area contributed by atoms with Gasteiger partial charge in [-0.3, -0.25) is 14.4 Å². The summed E-state index contributed by atoms with van der Waals surface area (Å²) in [5.74, 6) is -0.0542. The number of carbonyl (C=O) groups is 2. The molecular formula is C18H24N4O3. The van der Waals surface area contributed by atoms with E-state index in [0.717, 1.165) is 31.5 Å². The monoisotopic (exact) mass is 344 g/mol. The Morgan fingerprint density at radius 3 is 2.56 bits per heavy atom. The highest BCUT2D eigenvalue weighted by molar-refractivity contribution is 5.79. The summed E-state index contributed by atoms with van der Waals surface area (Å²) >= 11 is 0. The van der Waals surface area contributed by atoms with Crippen molar-refractivity contribution in [1.82, 2.24) is 15.2 Å². The van der Waals surface area contributed by atoms with E-state index in [1.54, 1.807) is 13.8 Å². The van der Waals surface area contributed by atoms with E-state index in [1.807, 2.05) is 11.0 Å². The predicted octanol–water partition coefficient (Wildman–Crippen LogP) is 0.925. The molecule has 134 valence electrons. The van der Waals surface area contributed by atoms with Crippen molar-refractivity contribution in [3.05, 3.63) is 32.7 Å². The zero-order valence-electron chi connectivity index (χ0n) is 14.8. The van der Waals surface area contributed by atoms with Crippen molar-refractivity contribution in [3.63, 3.8) is 0 Å². The second kappa shape index (κ2) is 8.47. The van der Waals surface area contributed by atoms with Crippen LogP contribution >= 0.6 is 0 Å². The molecule has 0 unspecified atom stereocenters. The molecule has 1 saturated heterocycles. The number of nitrogens with one attached hydrogen (secondary N) is 2. The summed E-state index contributed by atoms with van der Waals surface area (Å²) in [6, 6.07) is 1.91. The molecule has 0 atom stereocenters. The van der Waals surface area contributed by atoms with E-state index >= 15 is 0 Å². The fraction of sp³-hybridized carbons (Fsp3) is 0.556. The van der Waals surface area contributed by atoms with Crippen LogP contribution in [-0.4, -0.2) is 41.3 Å². The van der Waals surface area contributed by atoms with Gasteiger partial charge in [-0.25, -0.2) is 0 Å². The van der Waals surface area contributed by atoms with Crippen LogP contribution in [0.1, 0.15) is 48.1 Å². The largest absolute Gasteiger partial charge is 0.356 e. The highest BCUT2D eigenvalue weighted by Crippen LogP contribution is 2.15. The molecule has 0 aliphatic carbocycles. The molecule has 0 aromatic carbocycles. The van der Waals surface area contributed by atoms with Gasteiger partial charge in [0.25, 0.3) is 5.56 Å². The lowest BCUT2D eigenvalue weighted by Crippen LogP contribution is -2.32. The van der Waals surface area contributed by atoms with Crippen LogP contribution in [0.3, 0.4) is 0 Å². The van der Waals surface area contributed by atoms with E-state index in [4.69, 9.17) is 5.26 Å². The van der Waals surface area contributed by atoms with E-state index in [0.29, 0.717) is 30.6 Å². The van der Waals surface area contributed by atoms with Gasteiger partial charge in [0.2, 0.25) is 11.8 Å². The molecule has 2 rings (SSSR count). The lowest BCUT2D eigenvalue weighted by molar-refractivity contribution is -0.130. The molecule has 1 aliphatic rings. The van der Waals surface area contributed by atoms with E-state index in [2.05, 4.69) is 10.3 Å². The van der Waals surface area contributed by atoms with Crippen molar-refractivity contribution < 1.29 is 9.59 Å². The number of nitrogens with zero attached hydrogens (tertiary/aromatic N) is 2. The fourth-order valence-corrected chi connectivity index (χ4v) is 3.18. The van der Waals surface area contributed by atoms with Crippen LogP contribution in [0.5, 0.6) is 0 Å². The Morgan fingerprint density at radius 1 is 1.24 bits per heavy atom. The molecule has 1 aromatic rings. The molecule has 0 saturated carbocycles. The maximum absolute atomic E-state index is 12.0. The van der Waals surface area contributed by atoms with Gasteiger partial charge in [0.05, 0.1) is 0 Å². The summed E-state index contributed by atoms with van der Waals surface area (Å²) < 4.78 is 0. The molecule has 0 spiro atoms. The van der Waals surface area contributed by atoms with E-state index in [-0.39, 0.29) is 23.8 Å². The van der Waals surface area contributed by atoms with Crippen LogP contribution in [-0.2, 0) is 16.0 Å². The maximum atomic E-state index is 12.0. The minimum atomic E-state index is -0.397. The van der Waals surface area contributed by atoms with Crippen LogP contribution in [0.25, 0.3) is 0 Å². The number of rotatable bonds is 6. The number of aromatic nitrogens is 1. The molecule has 1 aliphatic heterocycles. The molecule has 1 fully saturated rings. The number of H-pyrrole nitrogens is 1. The third-order valence-electron chi connectivity index (χ3n) is 4.64. The minimum absolute atomic E-state index is 0.0868. The normalized spacial score (nSPS) is 13.6. The zero-order valence-corrected chi connectivity index (χ0v) is 14.8. The molecule has 7 heteroatoms. The summed E-state index contributed by atoms with van der Waals surface area (Å²) in [6.07, 6.45) is 3.12. The lowest BCUT2D eigenvalue weighted by Gasteiger charge is -2.15. The number of amides is 2. The van der Waals surface area contributed by atoms with Gasteiger partial charge in [-0.05, 0) is 44.2 Å². The van der Waals surface area contributed by atoms with Crippen molar-refractivity contribution in [3.8, 4) is 6.07 Å². The number of likely N-dealkylation sites (tertiary alicyclic amines) is 1. The molecule has 0 radical (unpaired) electrons.